The SMILES string of the molecule is COc1c(F)cc([N+](=O)[O-])cc1C1CCNCC1. The summed E-state index contributed by atoms with van der Waals surface area (Å²) in [6.07, 6.45) is 1.66. The lowest BCUT2D eigenvalue weighted by Crippen LogP contribution is -2.27. The minimum absolute atomic E-state index is 0.107. The summed E-state index contributed by atoms with van der Waals surface area (Å²) < 4.78 is 18.8. The average molecular weight is 254 g/mol. The van der Waals surface area contributed by atoms with Crippen molar-refractivity contribution in [2.75, 3.05) is 20.2 Å². The molecule has 1 heterocycles. The van der Waals surface area contributed by atoms with Crippen LogP contribution in [-0.2, 0) is 0 Å². The van der Waals surface area contributed by atoms with E-state index < -0.39 is 10.7 Å². The Balaban J connectivity index is 2.44. The van der Waals surface area contributed by atoms with Gasteiger partial charge in [-0.2, -0.15) is 0 Å². The van der Waals surface area contributed by atoms with Crippen LogP contribution in [0.3, 0.4) is 0 Å². The molecule has 0 saturated carbocycles. The fraction of sp³-hybridized carbons (Fsp3) is 0.500. The molecule has 1 aromatic carbocycles. The first-order valence-electron chi connectivity index (χ1n) is 5.86. The van der Waals surface area contributed by atoms with Crippen LogP contribution >= 0.6 is 0 Å². The topological polar surface area (TPSA) is 64.4 Å². The predicted octanol–water partition coefficient (Wildman–Crippen LogP) is 2.21. The lowest BCUT2D eigenvalue weighted by Gasteiger charge is -2.24. The summed E-state index contributed by atoms with van der Waals surface area (Å²) in [4.78, 5) is 10.2. The summed E-state index contributed by atoms with van der Waals surface area (Å²) in [6.45, 7) is 1.66. The van der Waals surface area contributed by atoms with Crippen LogP contribution < -0.4 is 10.1 Å². The van der Waals surface area contributed by atoms with Gasteiger partial charge in [0, 0.05) is 11.6 Å². The van der Waals surface area contributed by atoms with Crippen molar-refractivity contribution in [3.63, 3.8) is 0 Å². The molecule has 98 valence electrons. The number of hydrogen-bond acceptors (Lipinski definition) is 4. The van der Waals surface area contributed by atoms with Crippen LogP contribution in [0.2, 0.25) is 0 Å². The van der Waals surface area contributed by atoms with Crippen molar-refractivity contribution < 1.29 is 14.1 Å². The van der Waals surface area contributed by atoms with Crippen LogP contribution in [0.25, 0.3) is 0 Å². The maximum atomic E-state index is 13.8. The fourth-order valence-electron chi connectivity index (χ4n) is 2.36. The second-order valence-corrected chi connectivity index (χ2v) is 4.33. The zero-order valence-electron chi connectivity index (χ0n) is 10.1. The van der Waals surface area contributed by atoms with E-state index >= 15 is 0 Å². The molecule has 1 aliphatic rings. The molecule has 2 rings (SSSR count). The van der Waals surface area contributed by atoms with Gasteiger partial charge in [0.25, 0.3) is 5.69 Å². The van der Waals surface area contributed by atoms with E-state index in [9.17, 15) is 14.5 Å². The molecule has 5 nitrogen and oxygen atoms in total. The smallest absolute Gasteiger partial charge is 0.272 e. The number of benzene rings is 1. The number of methoxy groups -OCH3 is 1. The van der Waals surface area contributed by atoms with Gasteiger partial charge in [-0.3, -0.25) is 10.1 Å². The lowest BCUT2D eigenvalue weighted by molar-refractivity contribution is -0.385. The van der Waals surface area contributed by atoms with E-state index in [4.69, 9.17) is 4.74 Å². The van der Waals surface area contributed by atoms with Gasteiger partial charge in [0.15, 0.2) is 11.6 Å². The monoisotopic (exact) mass is 254 g/mol. The quantitative estimate of drug-likeness (QED) is 0.663. The molecule has 6 heteroatoms. The summed E-state index contributed by atoms with van der Waals surface area (Å²) in [5, 5.41) is 14.0. The van der Waals surface area contributed by atoms with Gasteiger partial charge in [-0.25, -0.2) is 4.39 Å². The Bertz CT molecular complexity index is 459. The summed E-state index contributed by atoms with van der Waals surface area (Å²) in [7, 11) is 1.38. The lowest BCUT2D eigenvalue weighted by atomic mass is 9.89. The van der Waals surface area contributed by atoms with Crippen molar-refractivity contribution in [3.8, 4) is 5.75 Å². The predicted molar refractivity (Wildman–Crippen MR) is 64.5 cm³/mol. The van der Waals surface area contributed by atoms with Gasteiger partial charge in [0.05, 0.1) is 18.1 Å². The fourth-order valence-corrected chi connectivity index (χ4v) is 2.36. The van der Waals surface area contributed by atoms with Crippen LogP contribution in [0.5, 0.6) is 5.75 Å². The number of nitro groups is 1. The number of piperidine rings is 1. The van der Waals surface area contributed by atoms with Gasteiger partial charge < -0.3 is 10.1 Å². The Hall–Kier alpha value is -1.69. The number of rotatable bonds is 3. The highest BCUT2D eigenvalue weighted by atomic mass is 19.1. The Morgan fingerprint density at radius 3 is 2.67 bits per heavy atom. The summed E-state index contributed by atoms with van der Waals surface area (Å²) in [5.74, 6) is -0.427. The maximum Gasteiger partial charge on any atom is 0.272 e. The van der Waals surface area contributed by atoms with Crippen LogP contribution in [0.15, 0.2) is 12.1 Å². The Morgan fingerprint density at radius 2 is 2.11 bits per heavy atom. The van der Waals surface area contributed by atoms with Crippen LogP contribution in [-0.4, -0.2) is 25.1 Å². The van der Waals surface area contributed by atoms with Crippen LogP contribution in [0.4, 0.5) is 10.1 Å². The molecule has 0 bridgehead atoms. The molecule has 1 N–H and O–H groups in total. The number of ether oxygens (including phenoxy) is 1. The van der Waals surface area contributed by atoms with Gasteiger partial charge in [-0.1, -0.05) is 0 Å². The number of hydrogen-bond donors (Lipinski definition) is 1. The molecule has 18 heavy (non-hydrogen) atoms. The number of nitro benzene ring substituents is 1. The van der Waals surface area contributed by atoms with Crippen molar-refractivity contribution in [1.82, 2.24) is 5.32 Å². The third kappa shape index (κ3) is 2.43. The molecule has 0 radical (unpaired) electrons. The van der Waals surface area contributed by atoms with Gasteiger partial charge in [-0.15, -0.1) is 0 Å². The Labute approximate surface area is 104 Å². The highest BCUT2D eigenvalue weighted by Gasteiger charge is 2.24. The van der Waals surface area contributed by atoms with Crippen molar-refractivity contribution >= 4 is 5.69 Å². The number of halogens is 1. The molecule has 0 atom stereocenters. The van der Waals surface area contributed by atoms with Gasteiger partial charge >= 0.3 is 0 Å². The standard InChI is InChI=1S/C12H15FN2O3/c1-18-12-10(8-2-4-14-5-3-8)6-9(15(16)17)7-11(12)13/h6-8,14H,2-5H2,1H3. The molecule has 0 unspecified atom stereocenters. The zero-order valence-corrected chi connectivity index (χ0v) is 10.1. The summed E-state index contributed by atoms with van der Waals surface area (Å²) in [5.41, 5.74) is 0.382. The van der Waals surface area contributed by atoms with E-state index in [0.29, 0.717) is 5.56 Å². The van der Waals surface area contributed by atoms with Gasteiger partial charge in [-0.05, 0) is 31.8 Å². The number of nitrogens with one attached hydrogen (secondary N) is 1. The first kappa shape index (κ1) is 12.8. The molecule has 0 amide bonds. The molecular weight excluding hydrogens is 239 g/mol. The molecule has 1 aliphatic heterocycles. The number of non-ortho nitro benzene ring substituents is 1. The van der Waals surface area contributed by atoms with E-state index in [0.717, 1.165) is 32.0 Å². The van der Waals surface area contributed by atoms with Crippen molar-refractivity contribution in [2.45, 2.75) is 18.8 Å². The third-order valence-electron chi connectivity index (χ3n) is 3.25. The van der Waals surface area contributed by atoms with E-state index in [1.807, 2.05) is 0 Å². The molecular formula is C12H15FN2O3. The molecule has 1 aromatic rings. The van der Waals surface area contributed by atoms with Crippen molar-refractivity contribution in [2.24, 2.45) is 0 Å². The summed E-state index contributed by atoms with van der Waals surface area (Å²) >= 11 is 0. The minimum atomic E-state index is -0.666. The third-order valence-corrected chi connectivity index (χ3v) is 3.25. The molecule has 0 aromatic heterocycles. The molecule has 0 spiro atoms. The Morgan fingerprint density at radius 1 is 1.44 bits per heavy atom. The maximum absolute atomic E-state index is 13.8. The van der Waals surface area contributed by atoms with Crippen molar-refractivity contribution in [1.29, 1.82) is 0 Å². The summed E-state index contributed by atoms with van der Waals surface area (Å²) in [6, 6.07) is 2.33. The van der Waals surface area contributed by atoms with E-state index in [1.165, 1.54) is 13.2 Å². The first-order chi connectivity index (χ1) is 8.63. The number of nitrogens with zero attached hydrogens (tertiary/aromatic N) is 1. The normalized spacial score (nSPS) is 16.6. The van der Waals surface area contributed by atoms with Crippen LogP contribution in [0.1, 0.15) is 24.3 Å². The van der Waals surface area contributed by atoms with Gasteiger partial charge in [0.2, 0.25) is 0 Å². The van der Waals surface area contributed by atoms with Crippen molar-refractivity contribution in [3.05, 3.63) is 33.6 Å². The second kappa shape index (κ2) is 5.30. The minimum Gasteiger partial charge on any atom is -0.493 e. The van der Waals surface area contributed by atoms with Crippen LogP contribution in [0, 0.1) is 15.9 Å². The largest absolute Gasteiger partial charge is 0.493 e. The first-order valence-corrected chi connectivity index (χ1v) is 5.86. The van der Waals surface area contributed by atoms with E-state index in [1.54, 1.807) is 0 Å². The highest BCUT2D eigenvalue weighted by Crippen LogP contribution is 2.37. The molecule has 1 fully saturated rings. The zero-order chi connectivity index (χ0) is 13.1. The Kier molecular flexibility index (Phi) is 3.76. The molecule has 1 saturated heterocycles. The highest BCUT2D eigenvalue weighted by molar-refractivity contribution is 5.47. The average Bonchev–Trinajstić information content (AvgIpc) is 2.38. The van der Waals surface area contributed by atoms with E-state index in [2.05, 4.69) is 5.32 Å². The van der Waals surface area contributed by atoms with Gasteiger partial charge in [0.1, 0.15) is 0 Å². The molecule has 0 aliphatic carbocycles. The van der Waals surface area contributed by atoms with E-state index in [-0.39, 0.29) is 17.4 Å². The second-order valence-electron chi connectivity index (χ2n) is 4.33.